The highest BCUT2D eigenvalue weighted by atomic mass is 16.5. The fourth-order valence-electron chi connectivity index (χ4n) is 4.94. The maximum absolute atomic E-state index is 12.9. The normalized spacial score (nSPS) is 25.7. The lowest BCUT2D eigenvalue weighted by molar-refractivity contribution is -0.136. The molecule has 1 aliphatic carbocycles. The minimum absolute atomic E-state index is 0.0161. The summed E-state index contributed by atoms with van der Waals surface area (Å²) in [6.07, 6.45) is 9.62. The van der Waals surface area contributed by atoms with E-state index in [1.807, 2.05) is 16.5 Å². The predicted molar refractivity (Wildman–Crippen MR) is 119 cm³/mol. The number of amides is 1. The van der Waals surface area contributed by atoms with Crippen molar-refractivity contribution in [2.75, 3.05) is 33.3 Å². The van der Waals surface area contributed by atoms with Gasteiger partial charge in [-0.2, -0.15) is 0 Å². The van der Waals surface area contributed by atoms with Gasteiger partial charge in [-0.25, -0.2) is 4.68 Å². The highest BCUT2D eigenvalue weighted by Gasteiger charge is 2.28. The van der Waals surface area contributed by atoms with Gasteiger partial charge in [0.15, 0.2) is 0 Å². The molecule has 1 saturated carbocycles. The van der Waals surface area contributed by atoms with E-state index in [0.717, 1.165) is 24.7 Å². The van der Waals surface area contributed by atoms with Crippen LogP contribution < -0.4 is 0 Å². The zero-order chi connectivity index (χ0) is 22.2. The molecule has 1 fully saturated rings. The molecule has 3 rings (SSSR count). The summed E-state index contributed by atoms with van der Waals surface area (Å²) in [4.78, 5) is 17.2. The smallest absolute Gasteiger partial charge is 0.222 e. The molecule has 1 aromatic heterocycles. The molecule has 31 heavy (non-hydrogen) atoms. The number of ether oxygens (including phenoxy) is 1. The Balaban J connectivity index is 1.72. The van der Waals surface area contributed by atoms with E-state index in [-0.39, 0.29) is 30.6 Å². The highest BCUT2D eigenvalue weighted by molar-refractivity contribution is 5.76. The van der Waals surface area contributed by atoms with Crippen LogP contribution in [0, 0.1) is 11.8 Å². The second kappa shape index (κ2) is 11.9. The Morgan fingerprint density at radius 1 is 1.26 bits per heavy atom. The zero-order valence-corrected chi connectivity index (χ0v) is 19.6. The first-order valence-electron chi connectivity index (χ1n) is 12.1. The van der Waals surface area contributed by atoms with Crippen molar-refractivity contribution in [3.8, 4) is 0 Å². The van der Waals surface area contributed by atoms with Crippen LogP contribution in [0.4, 0.5) is 0 Å². The minimum Gasteiger partial charge on any atom is -0.394 e. The van der Waals surface area contributed by atoms with Crippen LogP contribution in [0.3, 0.4) is 0 Å². The number of rotatable bonds is 6. The van der Waals surface area contributed by atoms with Crippen molar-refractivity contribution < 1.29 is 14.6 Å². The van der Waals surface area contributed by atoms with E-state index in [2.05, 4.69) is 29.2 Å². The molecule has 8 nitrogen and oxygen atoms in total. The molecular weight excluding hydrogens is 394 g/mol. The van der Waals surface area contributed by atoms with Gasteiger partial charge in [0.1, 0.15) is 0 Å². The van der Waals surface area contributed by atoms with E-state index >= 15 is 0 Å². The molecule has 176 valence electrons. The number of carbonyl (C=O) groups excluding carboxylic acids is 1. The van der Waals surface area contributed by atoms with Crippen LogP contribution in [0.15, 0.2) is 6.20 Å². The Hall–Kier alpha value is -1.51. The molecule has 0 spiro atoms. The van der Waals surface area contributed by atoms with E-state index in [9.17, 15) is 9.90 Å². The van der Waals surface area contributed by atoms with Crippen molar-refractivity contribution >= 4 is 5.91 Å². The molecule has 1 amide bonds. The molecule has 0 unspecified atom stereocenters. The second-order valence-corrected chi connectivity index (χ2v) is 9.68. The van der Waals surface area contributed by atoms with Gasteiger partial charge in [-0.3, -0.25) is 4.79 Å². The number of carbonyl (C=O) groups is 1. The third-order valence-electron chi connectivity index (χ3n) is 6.93. The molecule has 2 aliphatic rings. The third kappa shape index (κ3) is 6.99. The number of aliphatic hydroxyl groups excluding tert-OH is 1. The number of hydrogen-bond donors (Lipinski definition) is 1. The van der Waals surface area contributed by atoms with Gasteiger partial charge >= 0.3 is 0 Å². The second-order valence-electron chi connectivity index (χ2n) is 9.68. The lowest BCUT2D eigenvalue weighted by atomic mass is 9.89. The molecule has 8 heteroatoms. The number of nitrogens with zero attached hydrogens (tertiary/aromatic N) is 5. The number of aliphatic hydroxyl groups is 1. The first kappa shape index (κ1) is 24.1. The molecule has 1 aliphatic heterocycles. The standard InChI is InChI=1S/C23H41N5O3/c1-18-13-27(19(2)16-29)23(30)10-7-11-28-21(12-24-25-28)17-31-22(18)15-26(3)14-20-8-5-4-6-9-20/h12,18-20,22,29H,4-11,13-17H2,1-3H3/t18-,19+,22+/m1/s1. The third-order valence-corrected chi connectivity index (χ3v) is 6.93. The van der Waals surface area contributed by atoms with Gasteiger partial charge in [-0.15, -0.1) is 5.10 Å². The number of fused-ring (bicyclic) bond motifs is 1. The SMILES string of the molecule is C[C@@H]1CN([C@@H](C)CO)C(=O)CCCn2nncc2CO[C@H]1CN(C)CC1CCCCC1. The molecule has 1 aromatic rings. The average molecular weight is 436 g/mol. The van der Waals surface area contributed by atoms with Crippen molar-refractivity contribution in [1.29, 1.82) is 0 Å². The Kier molecular flexibility index (Phi) is 9.29. The lowest BCUT2D eigenvalue weighted by Gasteiger charge is -2.36. The first-order chi connectivity index (χ1) is 15.0. The number of likely N-dealkylation sites (N-methyl/N-ethyl adjacent to an activating group) is 1. The summed E-state index contributed by atoms with van der Waals surface area (Å²) in [6.45, 7) is 7.69. The van der Waals surface area contributed by atoms with Gasteiger partial charge < -0.3 is 19.6 Å². The topological polar surface area (TPSA) is 83.7 Å². The Morgan fingerprint density at radius 3 is 2.77 bits per heavy atom. The van der Waals surface area contributed by atoms with Crippen LogP contribution >= 0.6 is 0 Å². The van der Waals surface area contributed by atoms with Gasteiger partial charge in [0.2, 0.25) is 5.91 Å². The molecule has 1 N–H and O–H groups in total. The van der Waals surface area contributed by atoms with Crippen LogP contribution in [0.2, 0.25) is 0 Å². The van der Waals surface area contributed by atoms with Crippen LogP contribution in [0.5, 0.6) is 0 Å². The van der Waals surface area contributed by atoms with Gasteiger partial charge in [0.05, 0.1) is 37.3 Å². The molecule has 0 radical (unpaired) electrons. The fraction of sp³-hybridized carbons (Fsp3) is 0.870. The summed E-state index contributed by atoms with van der Waals surface area (Å²) in [5.74, 6) is 1.01. The summed E-state index contributed by atoms with van der Waals surface area (Å²) < 4.78 is 8.28. The molecule has 3 atom stereocenters. The van der Waals surface area contributed by atoms with Gasteiger partial charge in [0.25, 0.3) is 0 Å². The van der Waals surface area contributed by atoms with E-state index in [1.54, 1.807) is 6.20 Å². The summed E-state index contributed by atoms with van der Waals surface area (Å²) in [7, 11) is 2.19. The van der Waals surface area contributed by atoms with Gasteiger partial charge in [-0.1, -0.05) is 31.4 Å². The van der Waals surface area contributed by atoms with Crippen LogP contribution in [0.1, 0.15) is 64.5 Å². The molecule has 0 bridgehead atoms. The Labute approximate surface area is 186 Å². The maximum Gasteiger partial charge on any atom is 0.222 e. The Morgan fingerprint density at radius 2 is 2.03 bits per heavy atom. The largest absolute Gasteiger partial charge is 0.394 e. The molecule has 0 aromatic carbocycles. The number of aromatic nitrogens is 3. The summed E-state index contributed by atoms with van der Waals surface area (Å²) in [6, 6.07) is -0.194. The highest BCUT2D eigenvalue weighted by Crippen LogP contribution is 2.25. The van der Waals surface area contributed by atoms with E-state index < -0.39 is 0 Å². The van der Waals surface area contributed by atoms with Crippen molar-refractivity contribution in [3.63, 3.8) is 0 Å². The average Bonchev–Trinajstić information content (AvgIpc) is 3.21. The first-order valence-corrected chi connectivity index (χ1v) is 12.1. The zero-order valence-electron chi connectivity index (χ0n) is 19.6. The van der Waals surface area contributed by atoms with Crippen molar-refractivity contribution in [2.24, 2.45) is 11.8 Å². The van der Waals surface area contributed by atoms with E-state index in [0.29, 0.717) is 32.5 Å². The number of aryl methyl sites for hydroxylation is 1. The number of hydrogen-bond acceptors (Lipinski definition) is 6. The van der Waals surface area contributed by atoms with Crippen LogP contribution in [0.25, 0.3) is 0 Å². The van der Waals surface area contributed by atoms with E-state index in [4.69, 9.17) is 4.74 Å². The van der Waals surface area contributed by atoms with E-state index in [1.165, 1.54) is 32.1 Å². The van der Waals surface area contributed by atoms with Crippen LogP contribution in [-0.4, -0.2) is 81.2 Å². The van der Waals surface area contributed by atoms with Crippen molar-refractivity contribution in [1.82, 2.24) is 24.8 Å². The monoisotopic (exact) mass is 435 g/mol. The molecule has 2 heterocycles. The molecular formula is C23H41N5O3. The minimum atomic E-state index is -0.194. The predicted octanol–water partition coefficient (Wildman–Crippen LogP) is 2.31. The van der Waals surface area contributed by atoms with Crippen molar-refractivity contribution in [2.45, 2.75) is 84.1 Å². The van der Waals surface area contributed by atoms with Gasteiger partial charge in [-0.05, 0) is 39.2 Å². The Bertz CT molecular complexity index is 676. The molecule has 0 saturated heterocycles. The summed E-state index contributed by atoms with van der Waals surface area (Å²) in [5, 5.41) is 17.9. The quantitative estimate of drug-likeness (QED) is 0.738. The van der Waals surface area contributed by atoms with Gasteiger partial charge in [0, 0.05) is 38.5 Å². The fourth-order valence-corrected chi connectivity index (χ4v) is 4.94. The summed E-state index contributed by atoms with van der Waals surface area (Å²) in [5.41, 5.74) is 0.959. The maximum atomic E-state index is 12.9. The van der Waals surface area contributed by atoms with Crippen molar-refractivity contribution in [3.05, 3.63) is 11.9 Å². The van der Waals surface area contributed by atoms with Crippen LogP contribution in [-0.2, 0) is 22.7 Å². The lowest BCUT2D eigenvalue weighted by Crippen LogP contribution is -2.47. The summed E-state index contributed by atoms with van der Waals surface area (Å²) >= 11 is 0.